The second kappa shape index (κ2) is 9.03. The van der Waals surface area contributed by atoms with Crippen LogP contribution < -0.4 is 10.6 Å². The van der Waals surface area contributed by atoms with E-state index in [-0.39, 0.29) is 12.3 Å². The summed E-state index contributed by atoms with van der Waals surface area (Å²) in [4.78, 5) is 23.6. The van der Waals surface area contributed by atoms with E-state index in [1.54, 1.807) is 5.32 Å². The van der Waals surface area contributed by atoms with Crippen LogP contribution in [0.4, 0.5) is 13.2 Å². The highest BCUT2D eigenvalue weighted by Crippen LogP contribution is 2.27. The van der Waals surface area contributed by atoms with Crippen molar-refractivity contribution in [2.24, 2.45) is 0 Å². The predicted octanol–water partition coefficient (Wildman–Crippen LogP) is 3.00. The van der Waals surface area contributed by atoms with Crippen LogP contribution in [0.3, 0.4) is 0 Å². The van der Waals surface area contributed by atoms with Crippen LogP contribution in [0.2, 0.25) is 0 Å². The normalized spacial score (nSPS) is 11.2. The van der Waals surface area contributed by atoms with E-state index in [2.05, 4.69) is 5.32 Å². The van der Waals surface area contributed by atoms with Gasteiger partial charge in [-0.05, 0) is 11.1 Å². The molecular formula is C19H19F3N2O2. The van der Waals surface area contributed by atoms with Gasteiger partial charge in [0.2, 0.25) is 11.8 Å². The third-order valence-electron chi connectivity index (χ3n) is 3.73. The monoisotopic (exact) mass is 364 g/mol. The van der Waals surface area contributed by atoms with Crippen molar-refractivity contribution in [1.82, 2.24) is 10.6 Å². The Balaban J connectivity index is 1.96. The summed E-state index contributed by atoms with van der Waals surface area (Å²) in [7, 11) is 0. The maximum absolute atomic E-state index is 12.2. The Morgan fingerprint density at radius 2 is 1.31 bits per heavy atom. The van der Waals surface area contributed by atoms with Gasteiger partial charge in [0.25, 0.3) is 0 Å². The SMILES string of the molecule is O=C(CNC(=O)CC(c1ccccc1)c1ccccc1)NCC(F)(F)F. The van der Waals surface area contributed by atoms with E-state index < -0.39 is 31.1 Å². The van der Waals surface area contributed by atoms with E-state index in [0.717, 1.165) is 11.1 Å². The zero-order valence-electron chi connectivity index (χ0n) is 13.9. The average Bonchev–Trinajstić information content (AvgIpc) is 2.63. The van der Waals surface area contributed by atoms with Crippen molar-refractivity contribution in [2.75, 3.05) is 13.1 Å². The van der Waals surface area contributed by atoms with Gasteiger partial charge in [0.05, 0.1) is 6.54 Å². The first-order valence-corrected chi connectivity index (χ1v) is 8.05. The highest BCUT2D eigenvalue weighted by Gasteiger charge is 2.27. The second-order valence-corrected chi connectivity index (χ2v) is 5.75. The number of benzene rings is 2. The van der Waals surface area contributed by atoms with Gasteiger partial charge in [0, 0.05) is 12.3 Å². The summed E-state index contributed by atoms with van der Waals surface area (Å²) in [6.45, 7) is -1.91. The summed E-state index contributed by atoms with van der Waals surface area (Å²) in [6.07, 6.45) is -4.40. The van der Waals surface area contributed by atoms with E-state index >= 15 is 0 Å². The molecule has 0 aromatic heterocycles. The molecule has 2 rings (SSSR count). The minimum absolute atomic E-state index is 0.0839. The number of amides is 2. The first-order chi connectivity index (χ1) is 12.3. The molecule has 0 aliphatic carbocycles. The van der Waals surface area contributed by atoms with Crippen LogP contribution >= 0.6 is 0 Å². The van der Waals surface area contributed by atoms with Crippen molar-refractivity contribution < 1.29 is 22.8 Å². The second-order valence-electron chi connectivity index (χ2n) is 5.75. The topological polar surface area (TPSA) is 58.2 Å². The van der Waals surface area contributed by atoms with Crippen LogP contribution in [0.1, 0.15) is 23.5 Å². The third kappa shape index (κ3) is 6.58. The molecule has 0 atom stereocenters. The lowest BCUT2D eigenvalue weighted by Crippen LogP contribution is -2.41. The Hall–Kier alpha value is -2.83. The highest BCUT2D eigenvalue weighted by atomic mass is 19.4. The molecule has 0 spiro atoms. The molecule has 0 radical (unpaired) electrons. The zero-order chi connectivity index (χ0) is 19.0. The summed E-state index contributed by atoms with van der Waals surface area (Å²) in [6, 6.07) is 18.8. The lowest BCUT2D eigenvalue weighted by Gasteiger charge is -2.18. The van der Waals surface area contributed by atoms with Gasteiger partial charge in [-0.15, -0.1) is 0 Å². The van der Waals surface area contributed by atoms with Gasteiger partial charge in [-0.2, -0.15) is 13.2 Å². The molecule has 0 saturated heterocycles. The lowest BCUT2D eigenvalue weighted by atomic mass is 9.88. The van der Waals surface area contributed by atoms with Crippen molar-refractivity contribution in [1.29, 1.82) is 0 Å². The molecule has 2 amide bonds. The smallest absolute Gasteiger partial charge is 0.347 e. The van der Waals surface area contributed by atoms with Crippen LogP contribution in [-0.2, 0) is 9.59 Å². The highest BCUT2D eigenvalue weighted by molar-refractivity contribution is 5.85. The summed E-state index contributed by atoms with van der Waals surface area (Å²) in [5.41, 5.74) is 1.88. The minimum atomic E-state index is -4.48. The Bertz CT molecular complexity index is 679. The molecule has 0 aliphatic heterocycles. The van der Waals surface area contributed by atoms with E-state index in [4.69, 9.17) is 0 Å². The Morgan fingerprint density at radius 1 is 0.808 bits per heavy atom. The van der Waals surface area contributed by atoms with Crippen LogP contribution in [0.5, 0.6) is 0 Å². The summed E-state index contributed by atoms with van der Waals surface area (Å²) in [5, 5.41) is 4.09. The molecule has 4 nitrogen and oxygen atoms in total. The summed E-state index contributed by atoms with van der Waals surface area (Å²) >= 11 is 0. The molecule has 2 N–H and O–H groups in total. The number of carbonyl (C=O) groups is 2. The van der Waals surface area contributed by atoms with E-state index in [1.165, 1.54) is 0 Å². The minimum Gasteiger partial charge on any atom is -0.347 e. The number of hydrogen-bond donors (Lipinski definition) is 2. The fraction of sp³-hybridized carbons (Fsp3) is 0.263. The fourth-order valence-corrected chi connectivity index (χ4v) is 2.50. The number of hydrogen-bond acceptors (Lipinski definition) is 2. The lowest BCUT2D eigenvalue weighted by molar-refractivity contribution is -0.138. The number of halogens is 3. The van der Waals surface area contributed by atoms with Crippen LogP contribution in [-0.4, -0.2) is 31.1 Å². The molecule has 2 aromatic rings. The fourth-order valence-electron chi connectivity index (χ4n) is 2.50. The molecule has 0 fully saturated rings. The molecular weight excluding hydrogens is 345 g/mol. The molecule has 26 heavy (non-hydrogen) atoms. The number of carbonyl (C=O) groups excluding carboxylic acids is 2. The third-order valence-corrected chi connectivity index (χ3v) is 3.73. The maximum Gasteiger partial charge on any atom is 0.405 e. The van der Waals surface area contributed by atoms with Crippen molar-refractivity contribution in [2.45, 2.75) is 18.5 Å². The van der Waals surface area contributed by atoms with Crippen LogP contribution in [0.25, 0.3) is 0 Å². The summed E-state index contributed by atoms with van der Waals surface area (Å²) < 4.78 is 36.2. The summed E-state index contributed by atoms with van der Waals surface area (Å²) in [5.74, 6) is -1.51. The Kier molecular flexibility index (Phi) is 6.77. The van der Waals surface area contributed by atoms with Gasteiger partial charge >= 0.3 is 6.18 Å². The average molecular weight is 364 g/mol. The van der Waals surface area contributed by atoms with Gasteiger partial charge < -0.3 is 10.6 Å². The molecule has 0 unspecified atom stereocenters. The van der Waals surface area contributed by atoms with Gasteiger partial charge in [0.1, 0.15) is 6.54 Å². The predicted molar refractivity (Wildman–Crippen MR) is 91.4 cm³/mol. The Morgan fingerprint density at radius 3 is 1.77 bits per heavy atom. The Labute approximate surface area is 149 Å². The van der Waals surface area contributed by atoms with Crippen LogP contribution in [0.15, 0.2) is 60.7 Å². The molecule has 7 heteroatoms. The van der Waals surface area contributed by atoms with Crippen LogP contribution in [0, 0.1) is 0 Å². The molecule has 0 saturated carbocycles. The molecule has 0 bridgehead atoms. The largest absolute Gasteiger partial charge is 0.405 e. The zero-order valence-corrected chi connectivity index (χ0v) is 13.9. The van der Waals surface area contributed by atoms with Crippen molar-refractivity contribution in [3.63, 3.8) is 0 Å². The van der Waals surface area contributed by atoms with Gasteiger partial charge in [-0.1, -0.05) is 60.7 Å². The molecule has 0 aliphatic rings. The van der Waals surface area contributed by atoms with Gasteiger partial charge in [0.15, 0.2) is 0 Å². The van der Waals surface area contributed by atoms with E-state index in [1.807, 2.05) is 60.7 Å². The van der Waals surface area contributed by atoms with Gasteiger partial charge in [-0.3, -0.25) is 9.59 Å². The maximum atomic E-state index is 12.2. The molecule has 2 aromatic carbocycles. The van der Waals surface area contributed by atoms with Crippen molar-refractivity contribution in [3.8, 4) is 0 Å². The quantitative estimate of drug-likeness (QED) is 0.794. The van der Waals surface area contributed by atoms with Crippen molar-refractivity contribution >= 4 is 11.8 Å². The number of rotatable bonds is 7. The number of nitrogens with one attached hydrogen (secondary N) is 2. The first-order valence-electron chi connectivity index (χ1n) is 8.05. The first kappa shape index (κ1) is 19.5. The molecule has 138 valence electrons. The van der Waals surface area contributed by atoms with E-state index in [0.29, 0.717) is 0 Å². The number of alkyl halides is 3. The standard InChI is InChI=1S/C19H19F3N2O2/c20-19(21,22)13-24-18(26)12-23-17(25)11-16(14-7-3-1-4-8-14)15-9-5-2-6-10-15/h1-10,16H,11-13H2,(H,23,25)(H,24,26). The van der Waals surface area contributed by atoms with Crippen molar-refractivity contribution in [3.05, 3.63) is 71.8 Å². The molecule has 0 heterocycles. The van der Waals surface area contributed by atoms with Gasteiger partial charge in [-0.25, -0.2) is 0 Å². The van der Waals surface area contributed by atoms with E-state index in [9.17, 15) is 22.8 Å².